The zero-order valence-corrected chi connectivity index (χ0v) is 15.8. The minimum atomic E-state index is 1.18. The first kappa shape index (κ1) is 17.1. The van der Waals surface area contributed by atoms with E-state index in [9.17, 15) is 0 Å². The predicted octanol–water partition coefficient (Wildman–Crippen LogP) is 7.10. The Balaban J connectivity index is 1.59. The van der Waals surface area contributed by atoms with Crippen LogP contribution in [0.2, 0.25) is 0 Å². The van der Waals surface area contributed by atoms with Gasteiger partial charge in [0.15, 0.2) is 0 Å². The highest BCUT2D eigenvalue weighted by Crippen LogP contribution is 2.30. The normalized spacial score (nSPS) is 10.6. The SMILES string of the molecule is Cc1ccc(-c2ccc(N(C)c3cccc(-c4ccccc4)c3)cc2)cc1. The Morgan fingerprint density at radius 3 is 1.70 bits per heavy atom. The molecule has 0 aliphatic carbocycles. The Kier molecular flexibility index (Phi) is 4.76. The van der Waals surface area contributed by atoms with Crippen LogP contribution in [0.3, 0.4) is 0 Å². The second kappa shape index (κ2) is 7.51. The second-order valence-corrected chi connectivity index (χ2v) is 6.89. The van der Waals surface area contributed by atoms with Crippen molar-refractivity contribution in [1.82, 2.24) is 0 Å². The van der Waals surface area contributed by atoms with Gasteiger partial charge in [-0.15, -0.1) is 0 Å². The summed E-state index contributed by atoms with van der Waals surface area (Å²) in [5.41, 5.74) is 8.61. The summed E-state index contributed by atoms with van der Waals surface area (Å²) in [5, 5.41) is 0. The zero-order chi connectivity index (χ0) is 18.6. The van der Waals surface area contributed by atoms with Crippen molar-refractivity contribution in [3.63, 3.8) is 0 Å². The Hall–Kier alpha value is -3.32. The van der Waals surface area contributed by atoms with Gasteiger partial charge in [0.2, 0.25) is 0 Å². The summed E-state index contributed by atoms with van der Waals surface area (Å²) in [6.07, 6.45) is 0. The third kappa shape index (κ3) is 3.78. The molecule has 0 spiro atoms. The van der Waals surface area contributed by atoms with Gasteiger partial charge in [-0.05, 0) is 53.4 Å². The van der Waals surface area contributed by atoms with Crippen LogP contribution in [-0.4, -0.2) is 7.05 Å². The van der Waals surface area contributed by atoms with Crippen molar-refractivity contribution in [3.8, 4) is 22.3 Å². The van der Waals surface area contributed by atoms with Crippen LogP contribution in [0.15, 0.2) is 103 Å². The van der Waals surface area contributed by atoms with Crippen molar-refractivity contribution in [1.29, 1.82) is 0 Å². The summed E-state index contributed by atoms with van der Waals surface area (Å²) in [6, 6.07) is 36.6. The van der Waals surface area contributed by atoms with Crippen molar-refractivity contribution < 1.29 is 0 Å². The topological polar surface area (TPSA) is 3.24 Å². The van der Waals surface area contributed by atoms with E-state index < -0.39 is 0 Å². The summed E-state index contributed by atoms with van der Waals surface area (Å²) in [7, 11) is 2.12. The molecule has 0 saturated carbocycles. The average Bonchev–Trinajstić information content (AvgIpc) is 2.75. The van der Waals surface area contributed by atoms with E-state index in [-0.39, 0.29) is 0 Å². The Bertz CT molecular complexity index is 1020. The molecular weight excluding hydrogens is 326 g/mol. The Labute approximate surface area is 161 Å². The van der Waals surface area contributed by atoms with Gasteiger partial charge in [0.05, 0.1) is 0 Å². The summed E-state index contributed by atoms with van der Waals surface area (Å²) < 4.78 is 0. The maximum absolute atomic E-state index is 2.24. The summed E-state index contributed by atoms with van der Waals surface area (Å²) in [5.74, 6) is 0. The highest BCUT2D eigenvalue weighted by molar-refractivity contribution is 5.73. The number of hydrogen-bond donors (Lipinski definition) is 0. The first-order valence-electron chi connectivity index (χ1n) is 9.27. The summed E-state index contributed by atoms with van der Waals surface area (Å²) >= 11 is 0. The van der Waals surface area contributed by atoms with Crippen molar-refractivity contribution in [2.75, 3.05) is 11.9 Å². The number of nitrogens with zero attached hydrogens (tertiary/aromatic N) is 1. The minimum Gasteiger partial charge on any atom is -0.345 e. The molecule has 0 radical (unpaired) electrons. The quantitative estimate of drug-likeness (QED) is 0.380. The van der Waals surface area contributed by atoms with Crippen LogP contribution in [0.1, 0.15) is 5.56 Å². The molecule has 132 valence electrons. The lowest BCUT2D eigenvalue weighted by atomic mass is 10.0. The first-order valence-corrected chi connectivity index (χ1v) is 9.27. The summed E-state index contributed by atoms with van der Waals surface area (Å²) in [4.78, 5) is 2.23. The molecular formula is C26H23N. The number of anilines is 2. The van der Waals surface area contributed by atoms with E-state index in [1.165, 1.54) is 39.2 Å². The maximum Gasteiger partial charge on any atom is 0.0414 e. The Morgan fingerprint density at radius 2 is 1.04 bits per heavy atom. The molecule has 0 N–H and O–H groups in total. The lowest BCUT2D eigenvalue weighted by molar-refractivity contribution is 1.21. The van der Waals surface area contributed by atoms with Crippen LogP contribution < -0.4 is 4.90 Å². The van der Waals surface area contributed by atoms with Gasteiger partial charge < -0.3 is 4.90 Å². The third-order valence-corrected chi connectivity index (χ3v) is 4.98. The van der Waals surface area contributed by atoms with E-state index in [1.54, 1.807) is 0 Å². The van der Waals surface area contributed by atoms with Crippen molar-refractivity contribution in [2.24, 2.45) is 0 Å². The second-order valence-electron chi connectivity index (χ2n) is 6.89. The van der Waals surface area contributed by atoms with Gasteiger partial charge in [-0.25, -0.2) is 0 Å². The molecule has 0 heterocycles. The fourth-order valence-electron chi connectivity index (χ4n) is 3.30. The first-order chi connectivity index (χ1) is 13.2. The Morgan fingerprint density at radius 1 is 0.481 bits per heavy atom. The van der Waals surface area contributed by atoms with E-state index in [4.69, 9.17) is 0 Å². The van der Waals surface area contributed by atoms with E-state index >= 15 is 0 Å². The van der Waals surface area contributed by atoms with Gasteiger partial charge in [-0.2, -0.15) is 0 Å². The molecule has 0 saturated heterocycles. The molecule has 0 bridgehead atoms. The van der Waals surface area contributed by atoms with Crippen LogP contribution in [0.25, 0.3) is 22.3 Å². The van der Waals surface area contributed by atoms with E-state index in [1.807, 2.05) is 0 Å². The van der Waals surface area contributed by atoms with Crippen molar-refractivity contribution >= 4 is 11.4 Å². The molecule has 27 heavy (non-hydrogen) atoms. The van der Waals surface area contributed by atoms with Crippen molar-refractivity contribution in [2.45, 2.75) is 6.92 Å². The van der Waals surface area contributed by atoms with Crippen molar-refractivity contribution in [3.05, 3.63) is 109 Å². The molecule has 1 heteroatoms. The fraction of sp³-hybridized carbons (Fsp3) is 0.0769. The highest BCUT2D eigenvalue weighted by Gasteiger charge is 2.06. The van der Waals surface area contributed by atoms with E-state index in [0.29, 0.717) is 0 Å². The van der Waals surface area contributed by atoms with Gasteiger partial charge in [-0.1, -0.05) is 84.4 Å². The van der Waals surface area contributed by atoms with Gasteiger partial charge in [0, 0.05) is 18.4 Å². The smallest absolute Gasteiger partial charge is 0.0414 e. The lowest BCUT2D eigenvalue weighted by Gasteiger charge is -2.21. The fourth-order valence-corrected chi connectivity index (χ4v) is 3.30. The molecule has 1 nitrogen and oxygen atoms in total. The molecule has 4 aromatic rings. The van der Waals surface area contributed by atoms with Gasteiger partial charge in [0.25, 0.3) is 0 Å². The van der Waals surface area contributed by atoms with Gasteiger partial charge in [-0.3, -0.25) is 0 Å². The number of benzene rings is 4. The van der Waals surface area contributed by atoms with E-state index in [2.05, 4.69) is 122 Å². The molecule has 0 unspecified atom stereocenters. The molecule has 0 aliphatic rings. The zero-order valence-electron chi connectivity index (χ0n) is 15.8. The molecule has 0 aromatic heterocycles. The molecule has 0 fully saturated rings. The molecule has 4 rings (SSSR count). The maximum atomic E-state index is 2.24. The van der Waals surface area contributed by atoms with Crippen LogP contribution in [0.5, 0.6) is 0 Å². The molecule has 0 atom stereocenters. The van der Waals surface area contributed by atoms with Crippen LogP contribution in [0.4, 0.5) is 11.4 Å². The van der Waals surface area contributed by atoms with Crippen LogP contribution in [0, 0.1) is 6.92 Å². The van der Waals surface area contributed by atoms with Gasteiger partial charge in [0.1, 0.15) is 0 Å². The van der Waals surface area contributed by atoms with E-state index in [0.717, 1.165) is 0 Å². The predicted molar refractivity (Wildman–Crippen MR) is 117 cm³/mol. The van der Waals surface area contributed by atoms with Gasteiger partial charge >= 0.3 is 0 Å². The number of hydrogen-bond acceptors (Lipinski definition) is 1. The largest absolute Gasteiger partial charge is 0.345 e. The monoisotopic (exact) mass is 349 g/mol. The lowest BCUT2D eigenvalue weighted by Crippen LogP contribution is -2.09. The third-order valence-electron chi connectivity index (χ3n) is 4.98. The highest BCUT2D eigenvalue weighted by atomic mass is 15.1. The van der Waals surface area contributed by atoms with Crippen LogP contribution in [-0.2, 0) is 0 Å². The average molecular weight is 349 g/mol. The standard InChI is InChI=1S/C26H23N/c1-20-11-13-22(14-12-20)23-15-17-25(18-16-23)27(2)26-10-6-9-24(19-26)21-7-4-3-5-8-21/h3-19H,1-2H3. The number of aryl methyl sites for hydroxylation is 1. The minimum absolute atomic E-state index is 1.18. The van der Waals surface area contributed by atoms with Crippen LogP contribution >= 0.6 is 0 Å². The molecule has 4 aromatic carbocycles. The molecule has 0 amide bonds. The molecule has 0 aliphatic heterocycles. The summed E-state index contributed by atoms with van der Waals surface area (Å²) in [6.45, 7) is 2.12. The number of rotatable bonds is 4.